The van der Waals surface area contributed by atoms with Crippen molar-refractivity contribution in [3.05, 3.63) is 45.9 Å². The van der Waals surface area contributed by atoms with E-state index in [1.807, 2.05) is 42.2 Å². The van der Waals surface area contributed by atoms with Gasteiger partial charge < -0.3 is 9.80 Å². The van der Waals surface area contributed by atoms with E-state index in [4.69, 9.17) is 11.6 Å². The highest BCUT2D eigenvalue weighted by atomic mass is 35.5. The molecule has 4 nitrogen and oxygen atoms in total. The highest BCUT2D eigenvalue weighted by Gasteiger charge is 2.23. The van der Waals surface area contributed by atoms with Gasteiger partial charge in [-0.3, -0.25) is 4.79 Å². The van der Waals surface area contributed by atoms with Crippen molar-refractivity contribution in [3.63, 3.8) is 0 Å². The summed E-state index contributed by atoms with van der Waals surface area (Å²) in [4.78, 5) is 17.5. The molecule has 2 aromatic rings. The minimum Gasteiger partial charge on any atom is -0.368 e. The molecule has 1 aromatic carbocycles. The number of carbonyl (C=O) groups is 1. The minimum atomic E-state index is 0.0325. The van der Waals surface area contributed by atoms with Gasteiger partial charge in [-0.2, -0.15) is 4.37 Å². The van der Waals surface area contributed by atoms with Gasteiger partial charge in [0.25, 0.3) is 5.91 Å². The lowest BCUT2D eigenvalue weighted by Gasteiger charge is -2.35. The van der Waals surface area contributed by atoms with Gasteiger partial charge in [-0.05, 0) is 42.7 Å². The molecule has 0 aliphatic carbocycles. The Labute approximate surface area is 133 Å². The summed E-state index contributed by atoms with van der Waals surface area (Å²) in [5, 5.41) is 0.740. The monoisotopic (exact) mass is 321 g/mol. The van der Waals surface area contributed by atoms with Crippen molar-refractivity contribution in [2.45, 2.75) is 6.92 Å². The number of carbonyl (C=O) groups excluding carboxylic acids is 1. The number of piperazine rings is 1. The lowest BCUT2D eigenvalue weighted by atomic mass is 10.2. The molecule has 0 spiro atoms. The second-order valence-corrected chi connectivity index (χ2v) is 6.53. The fourth-order valence-electron chi connectivity index (χ4n) is 2.47. The Morgan fingerprint density at radius 2 is 2.00 bits per heavy atom. The van der Waals surface area contributed by atoms with Crippen LogP contribution in [0.4, 0.5) is 5.69 Å². The molecule has 110 valence electrons. The third kappa shape index (κ3) is 3.19. The van der Waals surface area contributed by atoms with E-state index < -0.39 is 0 Å². The highest BCUT2D eigenvalue weighted by molar-refractivity contribution is 7.05. The van der Waals surface area contributed by atoms with Crippen LogP contribution >= 0.6 is 23.1 Å². The molecule has 3 rings (SSSR count). The van der Waals surface area contributed by atoms with Crippen LogP contribution in [0.25, 0.3) is 0 Å². The zero-order valence-electron chi connectivity index (χ0n) is 11.8. The van der Waals surface area contributed by atoms with E-state index in [1.165, 1.54) is 11.5 Å². The molecule has 1 fully saturated rings. The van der Waals surface area contributed by atoms with Crippen LogP contribution < -0.4 is 4.90 Å². The summed E-state index contributed by atoms with van der Waals surface area (Å²) in [5.74, 6) is 0.0325. The third-order valence-electron chi connectivity index (χ3n) is 3.59. The average Bonchev–Trinajstić information content (AvgIpc) is 2.93. The van der Waals surface area contributed by atoms with Crippen LogP contribution in [-0.4, -0.2) is 41.4 Å². The van der Waals surface area contributed by atoms with E-state index in [0.29, 0.717) is 18.8 Å². The van der Waals surface area contributed by atoms with Crippen LogP contribution in [0.3, 0.4) is 0 Å². The summed E-state index contributed by atoms with van der Waals surface area (Å²) < 4.78 is 4.20. The fraction of sp³-hybridized carbons (Fsp3) is 0.333. The second kappa shape index (κ2) is 6.03. The standard InChI is InChI=1S/C15H16ClN3OS/c1-11-9-14(17-21-11)15(20)19-7-5-18(6-8-19)13-4-2-3-12(16)10-13/h2-4,9-10H,5-8H2,1H3. The lowest BCUT2D eigenvalue weighted by molar-refractivity contribution is 0.0742. The summed E-state index contributed by atoms with van der Waals surface area (Å²) in [5.41, 5.74) is 1.67. The maximum Gasteiger partial charge on any atom is 0.273 e. The van der Waals surface area contributed by atoms with Gasteiger partial charge in [-0.25, -0.2) is 0 Å². The Bertz CT molecular complexity index is 650. The van der Waals surface area contributed by atoms with E-state index in [2.05, 4.69) is 9.27 Å². The van der Waals surface area contributed by atoms with E-state index in [0.717, 1.165) is 28.7 Å². The van der Waals surface area contributed by atoms with Gasteiger partial charge in [0.2, 0.25) is 0 Å². The first kappa shape index (κ1) is 14.4. The Hall–Kier alpha value is -1.59. The molecule has 0 saturated carbocycles. The smallest absolute Gasteiger partial charge is 0.273 e. The van der Waals surface area contributed by atoms with Crippen molar-refractivity contribution in [2.24, 2.45) is 0 Å². The molecule has 0 unspecified atom stereocenters. The molecule has 1 aliphatic rings. The summed E-state index contributed by atoms with van der Waals surface area (Å²) in [6.45, 7) is 5.01. The summed E-state index contributed by atoms with van der Waals surface area (Å²) in [6, 6.07) is 9.69. The Balaban J connectivity index is 1.64. The van der Waals surface area contributed by atoms with Gasteiger partial charge >= 0.3 is 0 Å². The molecule has 0 bridgehead atoms. The van der Waals surface area contributed by atoms with Crippen LogP contribution in [0.1, 0.15) is 15.4 Å². The van der Waals surface area contributed by atoms with E-state index in [9.17, 15) is 4.79 Å². The molecule has 1 amide bonds. The fourth-order valence-corrected chi connectivity index (χ4v) is 3.19. The molecule has 1 aliphatic heterocycles. The number of amides is 1. The first-order valence-corrected chi connectivity index (χ1v) is 8.02. The van der Waals surface area contributed by atoms with Crippen molar-refractivity contribution in [2.75, 3.05) is 31.1 Å². The Morgan fingerprint density at radius 1 is 1.24 bits per heavy atom. The molecular weight excluding hydrogens is 306 g/mol. The van der Waals surface area contributed by atoms with Gasteiger partial charge in [0, 0.05) is 41.8 Å². The number of hydrogen-bond acceptors (Lipinski definition) is 4. The molecule has 2 heterocycles. The second-order valence-electron chi connectivity index (χ2n) is 5.08. The topological polar surface area (TPSA) is 36.4 Å². The first-order chi connectivity index (χ1) is 10.1. The van der Waals surface area contributed by atoms with Gasteiger partial charge in [0.15, 0.2) is 0 Å². The number of nitrogens with zero attached hydrogens (tertiary/aromatic N) is 3. The summed E-state index contributed by atoms with van der Waals surface area (Å²) >= 11 is 7.40. The first-order valence-electron chi connectivity index (χ1n) is 6.86. The van der Waals surface area contributed by atoms with Crippen molar-refractivity contribution in [3.8, 4) is 0 Å². The van der Waals surface area contributed by atoms with Gasteiger partial charge in [-0.1, -0.05) is 17.7 Å². The summed E-state index contributed by atoms with van der Waals surface area (Å²) in [7, 11) is 0. The zero-order valence-corrected chi connectivity index (χ0v) is 13.3. The van der Waals surface area contributed by atoms with E-state index in [-0.39, 0.29) is 5.91 Å². The van der Waals surface area contributed by atoms with Crippen molar-refractivity contribution < 1.29 is 4.79 Å². The number of anilines is 1. The number of aryl methyl sites for hydroxylation is 1. The Kier molecular flexibility index (Phi) is 4.12. The van der Waals surface area contributed by atoms with Crippen molar-refractivity contribution in [1.29, 1.82) is 0 Å². The number of aromatic nitrogens is 1. The van der Waals surface area contributed by atoms with Crippen LogP contribution in [0, 0.1) is 6.92 Å². The van der Waals surface area contributed by atoms with E-state index in [1.54, 1.807) is 0 Å². The number of hydrogen-bond donors (Lipinski definition) is 0. The average molecular weight is 322 g/mol. The molecule has 21 heavy (non-hydrogen) atoms. The normalized spacial score (nSPS) is 15.3. The zero-order chi connectivity index (χ0) is 14.8. The van der Waals surface area contributed by atoms with Crippen LogP contribution in [-0.2, 0) is 0 Å². The van der Waals surface area contributed by atoms with Crippen molar-refractivity contribution >= 4 is 34.7 Å². The Morgan fingerprint density at radius 3 is 2.62 bits per heavy atom. The largest absolute Gasteiger partial charge is 0.368 e. The molecule has 1 saturated heterocycles. The summed E-state index contributed by atoms with van der Waals surface area (Å²) in [6.07, 6.45) is 0. The predicted molar refractivity (Wildman–Crippen MR) is 86.4 cm³/mol. The van der Waals surface area contributed by atoms with E-state index >= 15 is 0 Å². The van der Waals surface area contributed by atoms with Gasteiger partial charge in [0.1, 0.15) is 5.69 Å². The van der Waals surface area contributed by atoms with Gasteiger partial charge in [-0.15, -0.1) is 0 Å². The maximum atomic E-state index is 12.3. The molecule has 0 N–H and O–H groups in total. The van der Waals surface area contributed by atoms with Crippen LogP contribution in [0.5, 0.6) is 0 Å². The molecule has 1 aromatic heterocycles. The SMILES string of the molecule is Cc1cc(C(=O)N2CCN(c3cccc(Cl)c3)CC2)ns1. The molecule has 0 atom stereocenters. The lowest BCUT2D eigenvalue weighted by Crippen LogP contribution is -2.48. The quantitative estimate of drug-likeness (QED) is 0.853. The molecular formula is C15H16ClN3OS. The highest BCUT2D eigenvalue weighted by Crippen LogP contribution is 2.21. The number of benzene rings is 1. The van der Waals surface area contributed by atoms with Crippen LogP contribution in [0.15, 0.2) is 30.3 Å². The minimum absolute atomic E-state index is 0.0325. The molecule has 0 radical (unpaired) electrons. The number of rotatable bonds is 2. The predicted octanol–water partition coefficient (Wildman–Crippen LogP) is 3.07. The third-order valence-corrected chi connectivity index (χ3v) is 4.52. The van der Waals surface area contributed by atoms with Gasteiger partial charge in [0.05, 0.1) is 0 Å². The van der Waals surface area contributed by atoms with Crippen LogP contribution in [0.2, 0.25) is 5.02 Å². The van der Waals surface area contributed by atoms with Crippen molar-refractivity contribution in [1.82, 2.24) is 9.27 Å². The molecule has 6 heteroatoms. The number of halogens is 1. The maximum absolute atomic E-state index is 12.3.